The largest absolute Gasteiger partial charge is 0.489 e. The van der Waals surface area contributed by atoms with E-state index >= 15 is 0 Å². The molecule has 0 fully saturated rings. The number of amides is 1. The van der Waals surface area contributed by atoms with Crippen molar-refractivity contribution in [3.8, 4) is 5.75 Å². The molecule has 0 heterocycles. The van der Waals surface area contributed by atoms with Crippen molar-refractivity contribution in [1.82, 2.24) is 0 Å². The van der Waals surface area contributed by atoms with E-state index in [-0.39, 0.29) is 17.9 Å². The molecular formula is C14H22N2O2. The lowest BCUT2D eigenvalue weighted by Gasteiger charge is -2.18. The number of hydrogen-bond donors (Lipinski definition) is 2. The first-order chi connectivity index (χ1) is 8.41. The molecule has 3 N–H and O–H groups in total. The van der Waals surface area contributed by atoms with Gasteiger partial charge in [-0.2, -0.15) is 0 Å². The number of hydrogen-bond acceptors (Lipinski definition) is 3. The van der Waals surface area contributed by atoms with Crippen molar-refractivity contribution < 1.29 is 9.53 Å². The van der Waals surface area contributed by atoms with Crippen LogP contribution in [0.4, 0.5) is 5.69 Å². The van der Waals surface area contributed by atoms with Gasteiger partial charge in [0.05, 0.1) is 17.8 Å². The Bertz CT molecular complexity index is 403. The van der Waals surface area contributed by atoms with Crippen LogP contribution in [0.1, 0.15) is 27.7 Å². The maximum absolute atomic E-state index is 11.9. The summed E-state index contributed by atoms with van der Waals surface area (Å²) in [6.07, 6.45) is 0.0572. The van der Waals surface area contributed by atoms with Crippen molar-refractivity contribution in [3.63, 3.8) is 0 Å². The zero-order valence-electron chi connectivity index (χ0n) is 11.4. The Hall–Kier alpha value is -1.55. The standard InChI is InChI=1S/C14H22N2O2/c1-9(2)13(15)14(17)16-11-7-5-6-8-12(11)18-10(3)4/h5-10,13H,15H2,1-4H3,(H,16,17)/t13-/m1/s1. The zero-order chi connectivity index (χ0) is 13.7. The summed E-state index contributed by atoms with van der Waals surface area (Å²) in [5, 5.41) is 2.81. The van der Waals surface area contributed by atoms with Crippen LogP contribution in [0.15, 0.2) is 24.3 Å². The van der Waals surface area contributed by atoms with Gasteiger partial charge in [0.2, 0.25) is 5.91 Å². The lowest BCUT2D eigenvalue weighted by atomic mass is 10.0. The summed E-state index contributed by atoms with van der Waals surface area (Å²) in [6.45, 7) is 7.72. The highest BCUT2D eigenvalue weighted by atomic mass is 16.5. The number of rotatable bonds is 5. The monoisotopic (exact) mass is 250 g/mol. The van der Waals surface area contributed by atoms with Crippen LogP contribution >= 0.6 is 0 Å². The minimum Gasteiger partial charge on any atom is -0.489 e. The molecule has 0 saturated carbocycles. The van der Waals surface area contributed by atoms with Crippen LogP contribution in [-0.4, -0.2) is 18.1 Å². The third kappa shape index (κ3) is 4.04. The number of ether oxygens (including phenoxy) is 1. The molecule has 1 rings (SSSR count). The van der Waals surface area contributed by atoms with Crippen molar-refractivity contribution in [2.75, 3.05) is 5.32 Å². The van der Waals surface area contributed by atoms with E-state index in [1.165, 1.54) is 0 Å². The molecule has 1 amide bonds. The van der Waals surface area contributed by atoms with E-state index in [0.717, 1.165) is 0 Å². The molecule has 0 spiro atoms. The molecule has 0 aliphatic heterocycles. The first-order valence-electron chi connectivity index (χ1n) is 6.24. The Morgan fingerprint density at radius 2 is 1.83 bits per heavy atom. The van der Waals surface area contributed by atoms with Gasteiger partial charge in [-0.3, -0.25) is 4.79 Å². The Morgan fingerprint density at radius 1 is 1.22 bits per heavy atom. The highest BCUT2D eigenvalue weighted by molar-refractivity contribution is 5.96. The lowest BCUT2D eigenvalue weighted by molar-refractivity contribution is -0.118. The first kappa shape index (κ1) is 14.5. The molecule has 0 aromatic heterocycles. The quantitative estimate of drug-likeness (QED) is 0.843. The smallest absolute Gasteiger partial charge is 0.241 e. The third-order valence-corrected chi connectivity index (χ3v) is 2.53. The molecule has 18 heavy (non-hydrogen) atoms. The molecule has 100 valence electrons. The Balaban J connectivity index is 2.81. The molecular weight excluding hydrogens is 228 g/mol. The van der Waals surface area contributed by atoms with Gasteiger partial charge in [-0.1, -0.05) is 26.0 Å². The van der Waals surface area contributed by atoms with E-state index in [1.54, 1.807) is 0 Å². The number of para-hydroxylation sites is 2. The molecule has 4 heteroatoms. The molecule has 0 saturated heterocycles. The predicted molar refractivity (Wildman–Crippen MR) is 73.6 cm³/mol. The summed E-state index contributed by atoms with van der Waals surface area (Å²) >= 11 is 0. The average molecular weight is 250 g/mol. The molecule has 0 bridgehead atoms. The molecule has 0 aliphatic carbocycles. The third-order valence-electron chi connectivity index (χ3n) is 2.53. The van der Waals surface area contributed by atoms with Crippen LogP contribution in [-0.2, 0) is 4.79 Å². The summed E-state index contributed by atoms with van der Waals surface area (Å²) in [6, 6.07) is 6.84. The normalized spacial score (nSPS) is 12.6. The molecule has 0 radical (unpaired) electrons. The van der Waals surface area contributed by atoms with Gasteiger partial charge in [-0.25, -0.2) is 0 Å². The second-order valence-corrected chi connectivity index (χ2v) is 4.92. The van der Waals surface area contributed by atoms with Crippen LogP contribution in [0.2, 0.25) is 0 Å². The lowest BCUT2D eigenvalue weighted by Crippen LogP contribution is -2.39. The summed E-state index contributed by atoms with van der Waals surface area (Å²) in [4.78, 5) is 11.9. The molecule has 0 unspecified atom stereocenters. The fraction of sp³-hybridized carbons (Fsp3) is 0.500. The average Bonchev–Trinajstić information content (AvgIpc) is 2.29. The van der Waals surface area contributed by atoms with E-state index in [1.807, 2.05) is 52.0 Å². The van der Waals surface area contributed by atoms with Crippen LogP contribution in [0.25, 0.3) is 0 Å². The van der Waals surface area contributed by atoms with E-state index < -0.39 is 6.04 Å². The SMILES string of the molecule is CC(C)Oc1ccccc1NC(=O)[C@H](N)C(C)C. The molecule has 1 atom stereocenters. The summed E-state index contributed by atoms with van der Waals surface area (Å²) < 4.78 is 5.63. The van der Waals surface area contributed by atoms with Gasteiger partial charge in [0.25, 0.3) is 0 Å². The van der Waals surface area contributed by atoms with Crippen molar-refractivity contribution in [2.24, 2.45) is 11.7 Å². The van der Waals surface area contributed by atoms with E-state index in [2.05, 4.69) is 5.32 Å². The van der Waals surface area contributed by atoms with Crippen molar-refractivity contribution in [3.05, 3.63) is 24.3 Å². The number of anilines is 1. The van der Waals surface area contributed by atoms with Crippen LogP contribution in [0.5, 0.6) is 5.75 Å². The summed E-state index contributed by atoms with van der Waals surface area (Å²) in [7, 11) is 0. The fourth-order valence-corrected chi connectivity index (χ4v) is 1.45. The Morgan fingerprint density at radius 3 is 2.39 bits per heavy atom. The van der Waals surface area contributed by atoms with Gasteiger partial charge >= 0.3 is 0 Å². The Kier molecular flexibility index (Phi) is 5.16. The maximum Gasteiger partial charge on any atom is 0.241 e. The number of benzene rings is 1. The van der Waals surface area contributed by atoms with Gasteiger partial charge in [0.15, 0.2) is 0 Å². The number of nitrogens with two attached hydrogens (primary N) is 1. The van der Waals surface area contributed by atoms with Crippen LogP contribution in [0.3, 0.4) is 0 Å². The van der Waals surface area contributed by atoms with Crippen LogP contribution in [0, 0.1) is 5.92 Å². The second-order valence-electron chi connectivity index (χ2n) is 4.92. The minimum atomic E-state index is -0.517. The van der Waals surface area contributed by atoms with Gasteiger partial charge in [-0.15, -0.1) is 0 Å². The summed E-state index contributed by atoms with van der Waals surface area (Å²) in [5.74, 6) is 0.574. The number of carbonyl (C=O) groups is 1. The predicted octanol–water partition coefficient (Wildman–Crippen LogP) is 2.40. The molecule has 1 aromatic rings. The maximum atomic E-state index is 11.9. The molecule has 4 nitrogen and oxygen atoms in total. The van der Waals surface area contributed by atoms with E-state index in [9.17, 15) is 4.79 Å². The minimum absolute atomic E-state index is 0.0572. The van der Waals surface area contributed by atoms with Gasteiger partial charge in [0, 0.05) is 0 Å². The van der Waals surface area contributed by atoms with Crippen LogP contribution < -0.4 is 15.8 Å². The van der Waals surface area contributed by atoms with Crippen molar-refractivity contribution >= 4 is 11.6 Å². The van der Waals surface area contributed by atoms with Crippen molar-refractivity contribution in [1.29, 1.82) is 0 Å². The topological polar surface area (TPSA) is 64.3 Å². The number of nitrogens with one attached hydrogen (secondary N) is 1. The highest BCUT2D eigenvalue weighted by Crippen LogP contribution is 2.25. The van der Waals surface area contributed by atoms with E-state index in [4.69, 9.17) is 10.5 Å². The number of carbonyl (C=O) groups excluding carboxylic acids is 1. The highest BCUT2D eigenvalue weighted by Gasteiger charge is 2.18. The summed E-state index contributed by atoms with van der Waals surface area (Å²) in [5.41, 5.74) is 6.47. The molecule has 0 aliphatic rings. The van der Waals surface area contributed by atoms with Gasteiger partial charge in [-0.05, 0) is 31.9 Å². The second kappa shape index (κ2) is 6.40. The van der Waals surface area contributed by atoms with Crippen molar-refractivity contribution in [2.45, 2.75) is 39.8 Å². The first-order valence-corrected chi connectivity index (χ1v) is 6.24. The fourth-order valence-electron chi connectivity index (χ4n) is 1.45. The van der Waals surface area contributed by atoms with Gasteiger partial charge < -0.3 is 15.8 Å². The molecule has 1 aromatic carbocycles. The zero-order valence-corrected chi connectivity index (χ0v) is 11.4. The Labute approximate surface area is 109 Å². The van der Waals surface area contributed by atoms with Gasteiger partial charge in [0.1, 0.15) is 5.75 Å². The van der Waals surface area contributed by atoms with E-state index in [0.29, 0.717) is 11.4 Å².